The van der Waals surface area contributed by atoms with Crippen LogP contribution < -0.4 is 10.6 Å². The lowest BCUT2D eigenvalue weighted by Crippen LogP contribution is -2.14. The van der Waals surface area contributed by atoms with Crippen LogP contribution in [0.25, 0.3) is 11.3 Å². The summed E-state index contributed by atoms with van der Waals surface area (Å²) in [5.74, 6) is -0.171. The van der Waals surface area contributed by atoms with Gasteiger partial charge in [-0.05, 0) is 37.6 Å². The molecule has 1 heterocycles. The molecule has 2 N–H and O–H groups in total. The summed E-state index contributed by atoms with van der Waals surface area (Å²) in [4.78, 5) is 24.2. The minimum Gasteiger partial charge on any atom is -0.360 e. The summed E-state index contributed by atoms with van der Waals surface area (Å²) in [5, 5.41) is 10.0. The third kappa shape index (κ3) is 4.01. The first kappa shape index (κ1) is 18.7. The molecular weight excluding hydrogens is 366 g/mol. The number of carbonyl (C=O) groups excluding carboxylic acids is 2. The Balaban J connectivity index is 1.93. The zero-order chi connectivity index (χ0) is 19.6. The van der Waals surface area contributed by atoms with Crippen LogP contribution in [0.15, 0.2) is 47.0 Å². The Morgan fingerprint density at radius 2 is 1.81 bits per heavy atom. The van der Waals surface area contributed by atoms with Crippen LogP contribution in [0.4, 0.5) is 11.4 Å². The van der Waals surface area contributed by atoms with Crippen LogP contribution in [0.3, 0.4) is 0 Å². The lowest BCUT2D eigenvalue weighted by molar-refractivity contribution is -0.114. The van der Waals surface area contributed by atoms with Crippen LogP contribution in [0.1, 0.15) is 28.6 Å². The van der Waals surface area contributed by atoms with Gasteiger partial charge in [-0.1, -0.05) is 41.0 Å². The van der Waals surface area contributed by atoms with Crippen molar-refractivity contribution in [2.45, 2.75) is 20.8 Å². The van der Waals surface area contributed by atoms with Crippen molar-refractivity contribution in [2.24, 2.45) is 0 Å². The molecule has 0 aliphatic rings. The maximum absolute atomic E-state index is 12.9. The minimum atomic E-state index is -0.374. The van der Waals surface area contributed by atoms with Gasteiger partial charge in [-0.15, -0.1) is 0 Å². The predicted molar refractivity (Wildman–Crippen MR) is 105 cm³/mol. The zero-order valence-corrected chi connectivity index (χ0v) is 15.8. The Bertz CT molecular complexity index is 1030. The molecule has 6 nitrogen and oxygen atoms in total. The molecular formula is C20H18ClN3O3. The number of hydrogen-bond donors (Lipinski definition) is 2. The zero-order valence-electron chi connectivity index (χ0n) is 15.1. The van der Waals surface area contributed by atoms with Crippen molar-refractivity contribution in [3.63, 3.8) is 0 Å². The first-order valence-corrected chi connectivity index (χ1v) is 8.65. The molecule has 0 bridgehead atoms. The highest BCUT2D eigenvalue weighted by atomic mass is 35.5. The first-order valence-electron chi connectivity index (χ1n) is 8.27. The fraction of sp³-hybridized carbons (Fsp3) is 0.150. The molecule has 1 aromatic heterocycles. The number of halogens is 1. The summed E-state index contributed by atoms with van der Waals surface area (Å²) >= 11 is 6.24. The van der Waals surface area contributed by atoms with Crippen molar-refractivity contribution in [1.29, 1.82) is 0 Å². The second-order valence-corrected chi connectivity index (χ2v) is 6.51. The second-order valence-electron chi connectivity index (χ2n) is 6.11. The number of amides is 2. The molecule has 0 aliphatic heterocycles. The van der Waals surface area contributed by atoms with Gasteiger partial charge in [-0.25, -0.2) is 0 Å². The van der Waals surface area contributed by atoms with Crippen LogP contribution in [0.2, 0.25) is 5.02 Å². The summed E-state index contributed by atoms with van der Waals surface area (Å²) in [5.41, 5.74) is 3.37. The molecule has 7 heteroatoms. The Morgan fingerprint density at radius 3 is 2.52 bits per heavy atom. The number of hydrogen-bond acceptors (Lipinski definition) is 4. The highest BCUT2D eigenvalue weighted by Gasteiger charge is 2.23. The van der Waals surface area contributed by atoms with Gasteiger partial charge in [0.1, 0.15) is 17.0 Å². The molecule has 0 spiro atoms. The van der Waals surface area contributed by atoms with E-state index in [0.717, 1.165) is 5.56 Å². The fourth-order valence-electron chi connectivity index (χ4n) is 2.69. The summed E-state index contributed by atoms with van der Waals surface area (Å²) in [7, 11) is 0. The maximum atomic E-state index is 12.9. The van der Waals surface area contributed by atoms with E-state index in [4.69, 9.17) is 16.1 Å². The van der Waals surface area contributed by atoms with Crippen molar-refractivity contribution >= 4 is 34.8 Å². The minimum absolute atomic E-state index is 0.183. The molecule has 0 atom stereocenters. The average molecular weight is 384 g/mol. The van der Waals surface area contributed by atoms with E-state index in [-0.39, 0.29) is 11.8 Å². The van der Waals surface area contributed by atoms with E-state index >= 15 is 0 Å². The number of nitrogens with zero attached hydrogens (tertiary/aromatic N) is 1. The normalized spacial score (nSPS) is 10.5. The molecule has 0 aliphatic carbocycles. The van der Waals surface area contributed by atoms with Crippen molar-refractivity contribution < 1.29 is 14.1 Å². The van der Waals surface area contributed by atoms with Crippen LogP contribution in [0, 0.1) is 13.8 Å². The Morgan fingerprint density at radius 1 is 1.07 bits per heavy atom. The van der Waals surface area contributed by atoms with Gasteiger partial charge in [0.25, 0.3) is 5.91 Å². The third-order valence-corrected chi connectivity index (χ3v) is 4.35. The number of benzene rings is 2. The third-order valence-electron chi connectivity index (χ3n) is 4.02. The highest BCUT2D eigenvalue weighted by Crippen LogP contribution is 2.31. The average Bonchev–Trinajstić information content (AvgIpc) is 2.99. The van der Waals surface area contributed by atoms with Crippen molar-refractivity contribution in [1.82, 2.24) is 5.16 Å². The number of aromatic nitrogens is 1. The number of anilines is 2. The quantitative estimate of drug-likeness (QED) is 0.676. The van der Waals surface area contributed by atoms with Crippen LogP contribution in [0.5, 0.6) is 0 Å². The Labute approximate surface area is 161 Å². The monoisotopic (exact) mass is 383 g/mol. The molecule has 0 radical (unpaired) electrons. The van der Waals surface area contributed by atoms with Gasteiger partial charge in [0.15, 0.2) is 0 Å². The van der Waals surface area contributed by atoms with Gasteiger partial charge < -0.3 is 15.2 Å². The smallest absolute Gasteiger partial charge is 0.261 e. The fourth-order valence-corrected chi connectivity index (χ4v) is 2.92. The first-order chi connectivity index (χ1) is 12.9. The van der Waals surface area contributed by atoms with Gasteiger partial charge in [-0.3, -0.25) is 9.59 Å². The Kier molecular flexibility index (Phi) is 5.28. The molecule has 138 valence electrons. The van der Waals surface area contributed by atoms with Crippen LogP contribution in [-0.4, -0.2) is 17.0 Å². The number of aryl methyl sites for hydroxylation is 2. The maximum Gasteiger partial charge on any atom is 0.261 e. The van der Waals surface area contributed by atoms with Gasteiger partial charge >= 0.3 is 0 Å². The van der Waals surface area contributed by atoms with Crippen molar-refractivity contribution in [3.05, 3.63) is 64.4 Å². The Hall–Kier alpha value is -3.12. The number of rotatable bonds is 4. The number of nitrogens with one attached hydrogen (secondary N) is 2. The van der Waals surface area contributed by atoms with Gasteiger partial charge in [-0.2, -0.15) is 0 Å². The summed E-state index contributed by atoms with van der Waals surface area (Å²) in [6.07, 6.45) is 0. The van der Waals surface area contributed by atoms with Crippen LogP contribution in [-0.2, 0) is 4.79 Å². The molecule has 0 unspecified atom stereocenters. The lowest BCUT2D eigenvalue weighted by Gasteiger charge is -2.11. The standard InChI is InChI=1S/C20H18ClN3O3/c1-11-8-9-14(10-17(11)22-13(3)25)23-20(26)18-12(2)27-24-19(18)15-6-4-5-7-16(15)21/h4-10H,1-3H3,(H,22,25)(H,23,26). The van der Waals surface area contributed by atoms with Crippen molar-refractivity contribution in [2.75, 3.05) is 10.6 Å². The van der Waals surface area contributed by atoms with Gasteiger partial charge in [0, 0.05) is 23.9 Å². The highest BCUT2D eigenvalue weighted by molar-refractivity contribution is 6.33. The van der Waals surface area contributed by atoms with E-state index in [1.807, 2.05) is 19.1 Å². The van der Waals surface area contributed by atoms with Crippen molar-refractivity contribution in [3.8, 4) is 11.3 Å². The molecule has 27 heavy (non-hydrogen) atoms. The van der Waals surface area contributed by atoms with E-state index in [9.17, 15) is 9.59 Å². The molecule has 2 aromatic carbocycles. The largest absolute Gasteiger partial charge is 0.360 e. The molecule has 3 rings (SSSR count). The SMILES string of the molecule is CC(=O)Nc1cc(NC(=O)c2c(-c3ccccc3Cl)noc2C)ccc1C. The van der Waals surface area contributed by atoms with E-state index in [2.05, 4.69) is 15.8 Å². The molecule has 2 amide bonds. The number of carbonyl (C=O) groups is 2. The molecule has 0 fully saturated rings. The summed E-state index contributed by atoms with van der Waals surface area (Å²) in [6, 6.07) is 12.4. The van der Waals surface area contributed by atoms with Gasteiger partial charge in [0.2, 0.25) is 5.91 Å². The van der Waals surface area contributed by atoms with E-state index in [0.29, 0.717) is 39.0 Å². The molecule has 0 saturated heterocycles. The topological polar surface area (TPSA) is 84.2 Å². The van der Waals surface area contributed by atoms with E-state index in [1.54, 1.807) is 37.3 Å². The van der Waals surface area contributed by atoms with E-state index in [1.165, 1.54) is 6.92 Å². The predicted octanol–water partition coefficient (Wildman–Crippen LogP) is 4.82. The lowest BCUT2D eigenvalue weighted by atomic mass is 10.1. The van der Waals surface area contributed by atoms with Gasteiger partial charge in [0.05, 0.1) is 5.02 Å². The van der Waals surface area contributed by atoms with E-state index < -0.39 is 0 Å². The summed E-state index contributed by atoms with van der Waals surface area (Å²) < 4.78 is 5.23. The molecule has 3 aromatic rings. The second kappa shape index (κ2) is 7.63. The summed E-state index contributed by atoms with van der Waals surface area (Å²) in [6.45, 7) is 4.97. The van der Waals surface area contributed by atoms with Crippen LogP contribution >= 0.6 is 11.6 Å². The molecule has 0 saturated carbocycles.